The second-order valence-electron chi connectivity index (χ2n) is 6.58. The molecule has 3 fully saturated rings. The van der Waals surface area contributed by atoms with Crippen molar-refractivity contribution in [1.82, 2.24) is 0 Å². The highest BCUT2D eigenvalue weighted by molar-refractivity contribution is 6.18. The SMILES string of the molecule is O=C1OC2(CCCCC2)OC(=O)C1=Cc1ccc(N2CCOCC2)o1. The minimum absolute atomic E-state index is 0.126. The Hall–Kier alpha value is -2.28. The van der Waals surface area contributed by atoms with Crippen molar-refractivity contribution in [2.75, 3.05) is 31.2 Å². The molecule has 1 spiro atoms. The molecule has 0 bridgehead atoms. The Morgan fingerprint density at radius 2 is 1.64 bits per heavy atom. The van der Waals surface area contributed by atoms with Gasteiger partial charge >= 0.3 is 11.9 Å². The number of carbonyl (C=O) groups excluding carboxylic acids is 2. The highest BCUT2D eigenvalue weighted by atomic mass is 16.7. The van der Waals surface area contributed by atoms with Gasteiger partial charge in [-0.15, -0.1) is 0 Å². The predicted molar refractivity (Wildman–Crippen MR) is 87.7 cm³/mol. The highest BCUT2D eigenvalue weighted by Gasteiger charge is 2.46. The summed E-state index contributed by atoms with van der Waals surface area (Å²) in [5.74, 6) is -1.22. The van der Waals surface area contributed by atoms with E-state index in [0.29, 0.717) is 37.7 Å². The molecule has 2 saturated heterocycles. The minimum Gasteiger partial charge on any atom is -0.441 e. The third kappa shape index (κ3) is 3.28. The Bertz CT molecular complexity index is 672. The van der Waals surface area contributed by atoms with Crippen LogP contribution in [-0.2, 0) is 23.8 Å². The third-order valence-electron chi connectivity index (χ3n) is 4.83. The van der Waals surface area contributed by atoms with Crippen molar-refractivity contribution in [1.29, 1.82) is 0 Å². The van der Waals surface area contributed by atoms with Crippen molar-refractivity contribution in [3.63, 3.8) is 0 Å². The van der Waals surface area contributed by atoms with Gasteiger partial charge in [0.1, 0.15) is 11.3 Å². The van der Waals surface area contributed by atoms with Gasteiger partial charge in [0.05, 0.1) is 13.2 Å². The van der Waals surface area contributed by atoms with Crippen LogP contribution in [0, 0.1) is 0 Å². The van der Waals surface area contributed by atoms with Crippen LogP contribution < -0.4 is 4.90 Å². The summed E-state index contributed by atoms with van der Waals surface area (Å²) in [6.07, 6.45) is 5.38. The number of esters is 2. The predicted octanol–water partition coefficient (Wildman–Crippen LogP) is 2.26. The fourth-order valence-electron chi connectivity index (χ4n) is 3.48. The molecule has 1 aliphatic carbocycles. The standard InChI is InChI=1S/C18H21NO6/c20-16-14(17(21)25-18(24-16)6-2-1-3-7-18)12-13-4-5-15(23-13)19-8-10-22-11-9-19/h4-5,12H,1-3,6-11H2. The fourth-order valence-corrected chi connectivity index (χ4v) is 3.48. The molecule has 1 aromatic heterocycles. The van der Waals surface area contributed by atoms with Crippen LogP contribution in [0.2, 0.25) is 0 Å². The number of furan rings is 1. The Kier molecular flexibility index (Phi) is 4.25. The molecule has 0 amide bonds. The zero-order valence-electron chi connectivity index (χ0n) is 14.0. The maximum absolute atomic E-state index is 12.3. The second-order valence-corrected chi connectivity index (χ2v) is 6.58. The zero-order chi connectivity index (χ0) is 17.3. The maximum Gasteiger partial charge on any atom is 0.349 e. The molecule has 25 heavy (non-hydrogen) atoms. The molecule has 0 unspecified atom stereocenters. The normalized spacial score (nSPS) is 23.4. The molecule has 0 atom stereocenters. The molecule has 2 aliphatic heterocycles. The second kappa shape index (κ2) is 6.55. The van der Waals surface area contributed by atoms with Crippen LogP contribution in [0.15, 0.2) is 22.1 Å². The number of nitrogens with zero attached hydrogens (tertiary/aromatic N) is 1. The molecule has 1 aromatic rings. The molecule has 7 heteroatoms. The molecule has 4 rings (SSSR count). The molecular weight excluding hydrogens is 326 g/mol. The van der Waals surface area contributed by atoms with Crippen LogP contribution in [0.3, 0.4) is 0 Å². The van der Waals surface area contributed by atoms with E-state index in [1.807, 2.05) is 6.07 Å². The van der Waals surface area contributed by atoms with E-state index in [9.17, 15) is 9.59 Å². The van der Waals surface area contributed by atoms with Gasteiger partial charge in [-0.2, -0.15) is 0 Å². The van der Waals surface area contributed by atoms with Crippen molar-refractivity contribution < 1.29 is 28.2 Å². The van der Waals surface area contributed by atoms with Gasteiger partial charge in [-0.05, 0) is 18.9 Å². The maximum atomic E-state index is 12.3. The van der Waals surface area contributed by atoms with E-state index in [1.165, 1.54) is 6.08 Å². The largest absolute Gasteiger partial charge is 0.441 e. The molecule has 3 heterocycles. The van der Waals surface area contributed by atoms with E-state index >= 15 is 0 Å². The average molecular weight is 347 g/mol. The number of ether oxygens (including phenoxy) is 3. The minimum atomic E-state index is -1.06. The molecule has 3 aliphatic rings. The first-order chi connectivity index (χ1) is 12.2. The smallest absolute Gasteiger partial charge is 0.349 e. The van der Waals surface area contributed by atoms with E-state index in [2.05, 4.69) is 4.90 Å². The number of morpholine rings is 1. The quantitative estimate of drug-likeness (QED) is 0.461. The van der Waals surface area contributed by atoms with E-state index in [0.717, 1.165) is 32.4 Å². The van der Waals surface area contributed by atoms with E-state index < -0.39 is 17.7 Å². The van der Waals surface area contributed by atoms with Gasteiger partial charge in [0, 0.05) is 38.1 Å². The first-order valence-corrected chi connectivity index (χ1v) is 8.76. The monoisotopic (exact) mass is 347 g/mol. The molecular formula is C18H21NO6. The van der Waals surface area contributed by atoms with Crippen LogP contribution in [0.25, 0.3) is 6.08 Å². The van der Waals surface area contributed by atoms with E-state index in [-0.39, 0.29) is 5.57 Å². The molecule has 0 radical (unpaired) electrons. The van der Waals surface area contributed by atoms with Gasteiger partial charge in [-0.25, -0.2) is 9.59 Å². The summed E-state index contributed by atoms with van der Waals surface area (Å²) < 4.78 is 22.0. The summed E-state index contributed by atoms with van der Waals surface area (Å²) in [5, 5.41) is 0. The molecule has 0 aromatic carbocycles. The summed E-state index contributed by atoms with van der Waals surface area (Å²) in [6, 6.07) is 3.54. The number of carbonyl (C=O) groups is 2. The summed E-state index contributed by atoms with van der Waals surface area (Å²) in [7, 11) is 0. The van der Waals surface area contributed by atoms with Gasteiger partial charge in [-0.3, -0.25) is 0 Å². The average Bonchev–Trinajstić information content (AvgIpc) is 3.08. The zero-order valence-corrected chi connectivity index (χ0v) is 14.0. The number of hydrogen-bond donors (Lipinski definition) is 0. The van der Waals surface area contributed by atoms with Gasteiger partial charge in [0.15, 0.2) is 5.88 Å². The molecule has 1 saturated carbocycles. The lowest BCUT2D eigenvalue weighted by molar-refractivity contribution is -0.244. The van der Waals surface area contributed by atoms with E-state index in [1.54, 1.807) is 6.07 Å². The van der Waals surface area contributed by atoms with Crippen LogP contribution in [0.4, 0.5) is 5.88 Å². The first kappa shape index (κ1) is 16.2. The van der Waals surface area contributed by atoms with Gasteiger partial charge in [-0.1, -0.05) is 6.42 Å². The Labute approximate surface area is 145 Å². The number of hydrogen-bond acceptors (Lipinski definition) is 7. The topological polar surface area (TPSA) is 78.2 Å². The fraction of sp³-hybridized carbons (Fsp3) is 0.556. The number of anilines is 1. The number of rotatable bonds is 2. The van der Waals surface area contributed by atoms with Crippen molar-refractivity contribution in [3.8, 4) is 0 Å². The van der Waals surface area contributed by atoms with Crippen molar-refractivity contribution in [2.24, 2.45) is 0 Å². The van der Waals surface area contributed by atoms with Crippen LogP contribution >= 0.6 is 0 Å². The van der Waals surface area contributed by atoms with Crippen molar-refractivity contribution in [2.45, 2.75) is 37.9 Å². The molecule has 7 nitrogen and oxygen atoms in total. The Balaban J connectivity index is 1.50. The van der Waals surface area contributed by atoms with Gasteiger partial charge in [0.25, 0.3) is 5.79 Å². The van der Waals surface area contributed by atoms with E-state index in [4.69, 9.17) is 18.6 Å². The van der Waals surface area contributed by atoms with Gasteiger partial charge in [0.2, 0.25) is 0 Å². The first-order valence-electron chi connectivity index (χ1n) is 8.76. The lowest BCUT2D eigenvalue weighted by atomic mass is 9.93. The Morgan fingerprint density at radius 1 is 0.960 bits per heavy atom. The van der Waals surface area contributed by atoms with Crippen molar-refractivity contribution in [3.05, 3.63) is 23.5 Å². The van der Waals surface area contributed by atoms with Crippen molar-refractivity contribution >= 4 is 23.9 Å². The summed E-state index contributed by atoms with van der Waals surface area (Å²) in [6.45, 7) is 2.79. The molecule has 134 valence electrons. The van der Waals surface area contributed by atoms with Crippen LogP contribution in [0.1, 0.15) is 37.9 Å². The molecule has 0 N–H and O–H groups in total. The summed E-state index contributed by atoms with van der Waals surface area (Å²) in [5.41, 5.74) is -0.126. The van der Waals surface area contributed by atoms with Crippen LogP contribution in [-0.4, -0.2) is 44.0 Å². The summed E-state index contributed by atoms with van der Waals surface area (Å²) in [4.78, 5) is 26.7. The Morgan fingerprint density at radius 3 is 2.32 bits per heavy atom. The lowest BCUT2D eigenvalue weighted by Gasteiger charge is -2.38. The highest BCUT2D eigenvalue weighted by Crippen LogP contribution is 2.37. The third-order valence-corrected chi connectivity index (χ3v) is 4.83. The lowest BCUT2D eigenvalue weighted by Crippen LogP contribution is -2.47. The van der Waals surface area contributed by atoms with Crippen LogP contribution in [0.5, 0.6) is 0 Å². The summed E-state index contributed by atoms with van der Waals surface area (Å²) >= 11 is 0. The van der Waals surface area contributed by atoms with Gasteiger partial charge < -0.3 is 23.5 Å².